The minimum Gasteiger partial charge on any atom is -0.477 e. The first-order chi connectivity index (χ1) is 9.93. The summed E-state index contributed by atoms with van der Waals surface area (Å²) in [5.74, 6) is -0.802. The van der Waals surface area contributed by atoms with E-state index in [9.17, 15) is 14.3 Å². The molecule has 2 aromatic rings. The van der Waals surface area contributed by atoms with Gasteiger partial charge < -0.3 is 10.0 Å². The Morgan fingerprint density at radius 3 is 2.81 bits per heavy atom. The Bertz CT molecular complexity index is 653. The van der Waals surface area contributed by atoms with Crippen molar-refractivity contribution in [1.29, 1.82) is 0 Å². The maximum Gasteiger partial charge on any atom is 0.346 e. The molecule has 1 aromatic carbocycles. The third-order valence-corrected chi connectivity index (χ3v) is 4.89. The van der Waals surface area contributed by atoms with E-state index in [1.165, 1.54) is 6.07 Å². The molecule has 0 aliphatic carbocycles. The predicted molar refractivity (Wildman–Crippen MR) is 84.5 cm³/mol. The molecule has 114 valence electrons. The Kier molecular flexibility index (Phi) is 4.96. The summed E-state index contributed by atoms with van der Waals surface area (Å²) >= 11 is 1.15. The van der Waals surface area contributed by atoms with Crippen LogP contribution < -0.4 is 0 Å². The van der Waals surface area contributed by atoms with E-state index in [1.807, 2.05) is 7.05 Å². The van der Waals surface area contributed by atoms with Gasteiger partial charge in [0.25, 0.3) is 0 Å². The van der Waals surface area contributed by atoms with Crippen molar-refractivity contribution in [2.45, 2.75) is 26.8 Å². The average molecular weight is 309 g/mol. The van der Waals surface area contributed by atoms with Gasteiger partial charge in [-0.2, -0.15) is 0 Å². The topological polar surface area (TPSA) is 40.5 Å². The van der Waals surface area contributed by atoms with E-state index < -0.39 is 5.97 Å². The van der Waals surface area contributed by atoms with Gasteiger partial charge in [-0.05, 0) is 25.1 Å². The summed E-state index contributed by atoms with van der Waals surface area (Å²) in [7, 11) is 1.95. The van der Waals surface area contributed by atoms with Crippen LogP contribution in [0.1, 0.15) is 35.5 Å². The molecular formula is C16H20FNO2S. The lowest BCUT2D eigenvalue weighted by atomic mass is 10.1. The van der Waals surface area contributed by atoms with Crippen molar-refractivity contribution in [3.8, 4) is 0 Å². The van der Waals surface area contributed by atoms with E-state index in [1.54, 1.807) is 12.1 Å². The zero-order valence-corrected chi connectivity index (χ0v) is 13.3. The van der Waals surface area contributed by atoms with Gasteiger partial charge >= 0.3 is 5.97 Å². The number of hydrogen-bond acceptors (Lipinski definition) is 3. The molecule has 0 aliphatic rings. The van der Waals surface area contributed by atoms with Gasteiger partial charge in [-0.15, -0.1) is 11.3 Å². The molecule has 0 radical (unpaired) electrons. The smallest absolute Gasteiger partial charge is 0.346 e. The van der Waals surface area contributed by atoms with Crippen LogP contribution in [0.5, 0.6) is 0 Å². The Labute approximate surface area is 128 Å². The van der Waals surface area contributed by atoms with E-state index in [-0.39, 0.29) is 10.7 Å². The van der Waals surface area contributed by atoms with Gasteiger partial charge in [0.2, 0.25) is 0 Å². The molecule has 5 heteroatoms. The first-order valence-electron chi connectivity index (χ1n) is 7.05. The SMILES string of the molecule is CCC(C)CN(C)Cc1c(C(=O)O)sc2cccc(F)c12. The maximum atomic E-state index is 14.1. The lowest BCUT2D eigenvalue weighted by Crippen LogP contribution is -2.24. The van der Waals surface area contributed by atoms with E-state index >= 15 is 0 Å². The van der Waals surface area contributed by atoms with E-state index in [0.29, 0.717) is 28.1 Å². The lowest BCUT2D eigenvalue weighted by Gasteiger charge is -2.20. The fourth-order valence-electron chi connectivity index (χ4n) is 2.49. The van der Waals surface area contributed by atoms with Crippen molar-refractivity contribution in [3.63, 3.8) is 0 Å². The van der Waals surface area contributed by atoms with E-state index in [0.717, 1.165) is 24.3 Å². The van der Waals surface area contributed by atoms with Crippen LogP contribution in [0.15, 0.2) is 18.2 Å². The standard InChI is InChI=1S/C16H20FNO2S/c1-4-10(2)8-18(3)9-11-14-12(17)6-5-7-13(14)21-15(11)16(19)20/h5-7,10H,4,8-9H2,1-3H3,(H,19,20). The van der Waals surface area contributed by atoms with Crippen LogP contribution in [0, 0.1) is 11.7 Å². The van der Waals surface area contributed by atoms with Gasteiger partial charge in [-0.3, -0.25) is 0 Å². The number of carboxylic acids is 1. The Morgan fingerprint density at radius 1 is 1.48 bits per heavy atom. The molecule has 0 saturated carbocycles. The quantitative estimate of drug-likeness (QED) is 0.868. The molecule has 3 nitrogen and oxygen atoms in total. The molecule has 1 unspecified atom stereocenters. The lowest BCUT2D eigenvalue weighted by molar-refractivity contribution is 0.0700. The summed E-state index contributed by atoms with van der Waals surface area (Å²) in [6, 6.07) is 4.78. The van der Waals surface area contributed by atoms with E-state index in [4.69, 9.17) is 0 Å². The summed E-state index contributed by atoms with van der Waals surface area (Å²) in [4.78, 5) is 13.7. The molecule has 0 bridgehead atoms. The number of halogens is 1. The molecule has 2 rings (SSSR count). The second kappa shape index (κ2) is 6.54. The molecule has 1 atom stereocenters. The summed E-state index contributed by atoms with van der Waals surface area (Å²) in [5.41, 5.74) is 0.589. The summed E-state index contributed by atoms with van der Waals surface area (Å²) in [5, 5.41) is 9.82. The molecule has 0 saturated heterocycles. The summed E-state index contributed by atoms with van der Waals surface area (Å²) in [6.45, 7) is 5.59. The molecular weight excluding hydrogens is 289 g/mol. The van der Waals surface area contributed by atoms with Crippen molar-refractivity contribution in [3.05, 3.63) is 34.5 Å². The highest BCUT2D eigenvalue weighted by Crippen LogP contribution is 2.34. The molecule has 0 spiro atoms. The minimum absolute atomic E-state index is 0.242. The predicted octanol–water partition coefficient (Wildman–Crippen LogP) is 4.22. The van der Waals surface area contributed by atoms with Crippen LogP contribution in [0.4, 0.5) is 4.39 Å². The van der Waals surface area contributed by atoms with Gasteiger partial charge in [0.05, 0.1) is 0 Å². The summed E-state index contributed by atoms with van der Waals surface area (Å²) < 4.78 is 14.8. The third-order valence-electron chi connectivity index (χ3n) is 3.71. The first-order valence-corrected chi connectivity index (χ1v) is 7.87. The van der Waals surface area contributed by atoms with Crippen molar-refractivity contribution in [2.24, 2.45) is 5.92 Å². The van der Waals surface area contributed by atoms with Crippen molar-refractivity contribution in [1.82, 2.24) is 4.90 Å². The number of carbonyl (C=O) groups is 1. The largest absolute Gasteiger partial charge is 0.477 e. The molecule has 21 heavy (non-hydrogen) atoms. The molecule has 0 fully saturated rings. The molecule has 0 aliphatic heterocycles. The molecule has 1 N–H and O–H groups in total. The van der Waals surface area contributed by atoms with Crippen LogP contribution >= 0.6 is 11.3 Å². The van der Waals surface area contributed by atoms with Crippen LogP contribution in [0.2, 0.25) is 0 Å². The number of carboxylic acid groups (broad SMARTS) is 1. The number of aromatic carboxylic acids is 1. The second-order valence-corrected chi connectivity index (χ2v) is 6.59. The Morgan fingerprint density at radius 2 is 2.19 bits per heavy atom. The van der Waals surface area contributed by atoms with E-state index in [2.05, 4.69) is 18.7 Å². The van der Waals surface area contributed by atoms with Gasteiger partial charge in [0.15, 0.2) is 0 Å². The minimum atomic E-state index is -0.984. The van der Waals surface area contributed by atoms with Crippen LogP contribution in [-0.4, -0.2) is 29.6 Å². The first kappa shape index (κ1) is 15.9. The van der Waals surface area contributed by atoms with Crippen LogP contribution in [0.25, 0.3) is 10.1 Å². The fourth-order valence-corrected chi connectivity index (χ4v) is 3.55. The maximum absolute atomic E-state index is 14.1. The number of benzene rings is 1. The van der Waals surface area contributed by atoms with Crippen LogP contribution in [0.3, 0.4) is 0 Å². The highest BCUT2D eigenvalue weighted by atomic mass is 32.1. The zero-order chi connectivity index (χ0) is 15.6. The molecule has 0 amide bonds. The number of fused-ring (bicyclic) bond motifs is 1. The van der Waals surface area contributed by atoms with Gasteiger partial charge in [-0.1, -0.05) is 26.3 Å². The highest BCUT2D eigenvalue weighted by Gasteiger charge is 2.21. The normalized spacial score (nSPS) is 13.0. The van der Waals surface area contributed by atoms with Gasteiger partial charge in [0, 0.05) is 28.7 Å². The van der Waals surface area contributed by atoms with Crippen molar-refractivity contribution >= 4 is 27.4 Å². The summed E-state index contributed by atoms with van der Waals surface area (Å²) in [6.07, 6.45) is 1.06. The average Bonchev–Trinajstić information content (AvgIpc) is 2.78. The third kappa shape index (κ3) is 3.41. The molecule has 1 heterocycles. The zero-order valence-electron chi connectivity index (χ0n) is 12.5. The monoisotopic (exact) mass is 309 g/mol. The Hall–Kier alpha value is -1.46. The number of hydrogen-bond donors (Lipinski definition) is 1. The van der Waals surface area contributed by atoms with Gasteiger partial charge in [-0.25, -0.2) is 9.18 Å². The number of nitrogens with zero attached hydrogens (tertiary/aromatic N) is 1. The molecule has 1 aromatic heterocycles. The number of thiophene rings is 1. The van der Waals surface area contributed by atoms with Crippen molar-refractivity contribution in [2.75, 3.05) is 13.6 Å². The second-order valence-electron chi connectivity index (χ2n) is 5.54. The number of rotatable bonds is 6. The highest BCUT2D eigenvalue weighted by molar-refractivity contribution is 7.21. The fraction of sp³-hybridized carbons (Fsp3) is 0.438. The van der Waals surface area contributed by atoms with Crippen molar-refractivity contribution < 1.29 is 14.3 Å². The Balaban J connectivity index is 2.41. The van der Waals surface area contributed by atoms with Crippen LogP contribution in [-0.2, 0) is 6.54 Å². The van der Waals surface area contributed by atoms with Gasteiger partial charge in [0.1, 0.15) is 10.7 Å².